The zero-order chi connectivity index (χ0) is 6.08. The Morgan fingerprint density at radius 3 is 1.71 bits per heavy atom. The van der Waals surface area contributed by atoms with Crippen molar-refractivity contribution in [1.29, 1.82) is 0 Å². The molecule has 0 spiro atoms. The lowest BCUT2D eigenvalue weighted by Crippen LogP contribution is -2.14. The third kappa shape index (κ3) is 3.77. The first-order valence-electron chi connectivity index (χ1n) is 1.67. The van der Waals surface area contributed by atoms with Gasteiger partial charge in [-0.15, -0.1) is 11.6 Å². The molecule has 0 aromatic rings. The normalized spacial score (nSPS) is 16.7. The van der Waals surface area contributed by atoms with Crippen molar-refractivity contribution in [1.82, 2.24) is 0 Å². The van der Waals surface area contributed by atoms with E-state index in [2.05, 4.69) is 12.6 Å². The highest BCUT2D eigenvalue weighted by Crippen LogP contribution is 2.32. The van der Waals surface area contributed by atoms with Gasteiger partial charge < -0.3 is 0 Å². The van der Waals surface area contributed by atoms with E-state index < -0.39 is 3.67 Å². The van der Waals surface area contributed by atoms with Gasteiger partial charge in [0, 0.05) is 0 Å². The van der Waals surface area contributed by atoms with E-state index in [1.807, 2.05) is 0 Å². The Labute approximate surface area is 63.5 Å². The van der Waals surface area contributed by atoms with Crippen LogP contribution in [0, 0.1) is 0 Å². The van der Waals surface area contributed by atoms with Crippen LogP contribution in [-0.4, -0.2) is 9.04 Å². The van der Waals surface area contributed by atoms with Crippen LogP contribution in [0.1, 0.15) is 6.92 Å². The van der Waals surface area contributed by atoms with E-state index >= 15 is 0 Å². The third-order valence-electron chi connectivity index (χ3n) is 0.463. The fourth-order valence-corrected chi connectivity index (χ4v) is 0. The number of alkyl halides is 3. The Kier molecular flexibility index (Phi) is 3.14. The molecule has 7 heavy (non-hydrogen) atoms. The number of hydrogen-bond donors (Lipinski definition) is 0. The second kappa shape index (κ2) is 2.67. The maximum absolute atomic E-state index is 5.39. The van der Waals surface area contributed by atoms with Crippen LogP contribution < -0.4 is 0 Å². The van der Waals surface area contributed by atoms with Crippen LogP contribution in [0.5, 0.6) is 0 Å². The van der Waals surface area contributed by atoms with Crippen molar-refractivity contribution < 1.29 is 0 Å². The molecule has 0 saturated carbocycles. The van der Waals surface area contributed by atoms with E-state index in [1.54, 1.807) is 6.92 Å². The molecule has 0 rings (SSSR count). The van der Waals surface area contributed by atoms with Crippen LogP contribution in [0.4, 0.5) is 0 Å². The molecule has 0 amide bonds. The molecule has 0 saturated heterocycles. The van der Waals surface area contributed by atoms with Crippen molar-refractivity contribution in [2.24, 2.45) is 0 Å². The third-order valence-corrected chi connectivity index (χ3v) is 2.15. The van der Waals surface area contributed by atoms with Crippen molar-refractivity contribution >= 4 is 47.4 Å². The largest absolute Gasteiger partial charge is 0.188 e. The van der Waals surface area contributed by atoms with Crippen molar-refractivity contribution in [2.45, 2.75) is 16.0 Å². The molecular weight excluding hydrogens is 174 g/mol. The van der Waals surface area contributed by atoms with Crippen LogP contribution in [0.3, 0.4) is 0 Å². The van der Waals surface area contributed by atoms with E-state index in [1.165, 1.54) is 0 Å². The van der Waals surface area contributed by atoms with E-state index in [0.29, 0.717) is 0 Å². The van der Waals surface area contributed by atoms with Crippen molar-refractivity contribution in [3.05, 3.63) is 0 Å². The summed E-state index contributed by atoms with van der Waals surface area (Å²) < 4.78 is -1.21. The highest BCUT2D eigenvalue weighted by Gasteiger charge is 2.25. The predicted molar refractivity (Wildman–Crippen MR) is 37.3 cm³/mol. The Bertz CT molecular complexity index is 55.7. The lowest BCUT2D eigenvalue weighted by Gasteiger charge is -2.11. The van der Waals surface area contributed by atoms with Gasteiger partial charge in [-0.05, 0) is 19.6 Å². The zero-order valence-electron chi connectivity index (χ0n) is 3.62. The topological polar surface area (TPSA) is 0 Å². The van der Waals surface area contributed by atoms with Gasteiger partial charge in [0.2, 0.25) is 0 Å². The van der Waals surface area contributed by atoms with Crippen LogP contribution >= 0.6 is 47.4 Å². The van der Waals surface area contributed by atoms with Gasteiger partial charge >= 0.3 is 0 Å². The Morgan fingerprint density at radius 2 is 1.71 bits per heavy atom. The van der Waals surface area contributed by atoms with E-state index in [4.69, 9.17) is 34.8 Å². The first kappa shape index (κ1) is 8.22. The van der Waals surface area contributed by atoms with Gasteiger partial charge in [0.15, 0.2) is 3.67 Å². The summed E-state index contributed by atoms with van der Waals surface area (Å²) in [5.41, 5.74) is 0. The molecule has 0 nitrogen and oxygen atoms in total. The van der Waals surface area contributed by atoms with Crippen LogP contribution in [0.25, 0.3) is 0 Å². The monoisotopic (exact) mass is 177 g/mol. The molecular formula is C3H4Cl3S. The molecule has 0 aromatic heterocycles. The summed E-state index contributed by atoms with van der Waals surface area (Å²) in [6, 6.07) is 0. The lowest BCUT2D eigenvalue weighted by atomic mass is 10.5. The van der Waals surface area contributed by atoms with Gasteiger partial charge in [-0.3, -0.25) is 0 Å². The first-order valence-corrected chi connectivity index (χ1v) is 3.27. The zero-order valence-corrected chi connectivity index (χ0v) is 6.70. The summed E-state index contributed by atoms with van der Waals surface area (Å²) in [5.74, 6) is 0. The van der Waals surface area contributed by atoms with E-state index in [9.17, 15) is 0 Å². The Balaban J connectivity index is 3.54. The number of hydrogen-bond acceptors (Lipinski definition) is 0. The first-order chi connectivity index (χ1) is 2.94. The quantitative estimate of drug-likeness (QED) is 0.542. The average molecular weight is 178 g/mol. The molecule has 1 unspecified atom stereocenters. The van der Waals surface area contributed by atoms with Gasteiger partial charge in [0.05, 0.1) is 5.38 Å². The average Bonchev–Trinajstić information content (AvgIpc) is 1.31. The molecule has 0 aliphatic carbocycles. The summed E-state index contributed by atoms with van der Waals surface area (Å²) in [6.45, 7) is 1.65. The molecule has 4 heteroatoms. The van der Waals surface area contributed by atoms with Gasteiger partial charge in [-0.2, -0.15) is 0 Å². The van der Waals surface area contributed by atoms with E-state index in [-0.39, 0.29) is 5.38 Å². The van der Waals surface area contributed by atoms with Crippen LogP contribution in [0.15, 0.2) is 0 Å². The summed E-state index contributed by atoms with van der Waals surface area (Å²) in [5, 5.41) is -0.383. The molecule has 1 radical (unpaired) electrons. The highest BCUT2D eigenvalue weighted by molar-refractivity contribution is 7.85. The minimum atomic E-state index is -1.21. The fourth-order valence-electron chi connectivity index (χ4n) is 0. The van der Waals surface area contributed by atoms with Crippen LogP contribution in [0.2, 0.25) is 0 Å². The fraction of sp³-hybridized carbons (Fsp3) is 1.00. The Morgan fingerprint density at radius 1 is 1.57 bits per heavy atom. The van der Waals surface area contributed by atoms with Gasteiger partial charge in [-0.1, -0.05) is 23.2 Å². The molecule has 0 bridgehead atoms. The molecule has 0 aliphatic rings. The highest BCUT2D eigenvalue weighted by atomic mass is 35.5. The second-order valence-electron chi connectivity index (χ2n) is 1.18. The summed E-state index contributed by atoms with van der Waals surface area (Å²) >= 11 is 20.5. The van der Waals surface area contributed by atoms with Crippen molar-refractivity contribution in [3.63, 3.8) is 0 Å². The van der Waals surface area contributed by atoms with Gasteiger partial charge in [-0.25, -0.2) is 0 Å². The maximum Gasteiger partial charge on any atom is 0.188 e. The van der Waals surface area contributed by atoms with Gasteiger partial charge in [0.25, 0.3) is 0 Å². The van der Waals surface area contributed by atoms with Crippen LogP contribution in [-0.2, 0) is 0 Å². The molecule has 0 N–H and O–H groups in total. The number of rotatable bonds is 1. The molecule has 0 fully saturated rings. The van der Waals surface area contributed by atoms with Gasteiger partial charge in [0.1, 0.15) is 0 Å². The standard InChI is InChI=1S/C3H4Cl3S/c1-2(4)3(5,6)7/h2H,1H3. The molecule has 0 heterocycles. The smallest absolute Gasteiger partial charge is 0.119 e. The van der Waals surface area contributed by atoms with Crippen molar-refractivity contribution in [3.8, 4) is 0 Å². The lowest BCUT2D eigenvalue weighted by molar-refractivity contribution is 1.00. The SMILES string of the molecule is CC(Cl)C([S])(Cl)Cl. The van der Waals surface area contributed by atoms with Crippen molar-refractivity contribution in [2.75, 3.05) is 0 Å². The number of halogens is 3. The molecule has 1 atom stereocenters. The minimum Gasteiger partial charge on any atom is -0.119 e. The molecule has 43 valence electrons. The Hall–Kier alpha value is 1.22. The van der Waals surface area contributed by atoms with E-state index in [0.717, 1.165) is 0 Å². The predicted octanol–water partition coefficient (Wildman–Crippen LogP) is 2.94. The molecule has 0 aliphatic heterocycles. The second-order valence-corrected chi connectivity index (χ2v) is 4.31. The summed E-state index contributed by atoms with van der Waals surface area (Å²) in [4.78, 5) is 0. The summed E-state index contributed by atoms with van der Waals surface area (Å²) in [7, 11) is 0. The summed E-state index contributed by atoms with van der Waals surface area (Å²) in [6.07, 6.45) is 0. The minimum absolute atomic E-state index is 0.383. The maximum atomic E-state index is 5.39. The molecule has 0 aromatic carbocycles.